The molecule has 0 unspecified atom stereocenters. The van der Waals surface area contributed by atoms with E-state index in [0.717, 1.165) is 44.7 Å². The molecule has 0 radical (unpaired) electrons. The molecule has 9 heteroatoms. The van der Waals surface area contributed by atoms with Crippen molar-refractivity contribution in [3.8, 4) is 46.8 Å². The van der Waals surface area contributed by atoms with E-state index in [0.29, 0.717) is 39.1 Å². The predicted octanol–water partition coefficient (Wildman–Crippen LogP) is 10.1. The average Bonchev–Trinajstić information content (AvgIpc) is 3.65. The topological polar surface area (TPSA) is 105 Å². The van der Waals surface area contributed by atoms with Gasteiger partial charge in [0.2, 0.25) is 0 Å². The van der Waals surface area contributed by atoms with Crippen LogP contribution in [0.5, 0.6) is 0 Å². The number of para-hydroxylation sites is 2. The van der Waals surface area contributed by atoms with Crippen LogP contribution in [0.4, 0.5) is 13.2 Å². The Morgan fingerprint density at radius 3 is 1.44 bits per heavy atom. The quantitative estimate of drug-likeness (QED) is 0.189. The molecule has 0 fully saturated rings. The van der Waals surface area contributed by atoms with Gasteiger partial charge in [0, 0.05) is 21.5 Å². The molecule has 0 aliphatic carbocycles. The average molecular weight is 653 g/mol. The molecule has 0 aliphatic rings. The van der Waals surface area contributed by atoms with Crippen LogP contribution in [0.1, 0.15) is 27.8 Å². The van der Waals surface area contributed by atoms with Gasteiger partial charge in [0.1, 0.15) is 11.6 Å². The molecule has 0 aliphatic heterocycles. The van der Waals surface area contributed by atoms with E-state index in [2.05, 4.69) is 18.2 Å². The van der Waals surface area contributed by atoms with Crippen molar-refractivity contribution in [3.05, 3.63) is 143 Å². The highest BCUT2D eigenvalue weighted by Gasteiger charge is 2.31. The lowest BCUT2D eigenvalue weighted by atomic mass is 9.95. The molecule has 2 aromatic heterocycles. The van der Waals surface area contributed by atoms with Crippen LogP contribution < -0.4 is 0 Å². The number of rotatable bonds is 3. The number of fused-ring (bicyclic) bond motifs is 6. The minimum absolute atomic E-state index is 0.178. The Morgan fingerprint density at radius 2 is 0.980 bits per heavy atom. The molecule has 8 rings (SSSR count). The Labute approximate surface area is 282 Å². The molecule has 8 aromatic rings. The van der Waals surface area contributed by atoms with E-state index >= 15 is 0 Å². The van der Waals surface area contributed by atoms with Gasteiger partial charge in [-0.3, -0.25) is 0 Å². The van der Waals surface area contributed by atoms with E-state index in [1.165, 1.54) is 6.07 Å². The van der Waals surface area contributed by atoms with E-state index in [1.807, 2.05) is 75.9 Å². The summed E-state index contributed by atoms with van der Waals surface area (Å²) in [7, 11) is 0. The molecule has 0 saturated heterocycles. The highest BCUT2D eigenvalue weighted by Crippen LogP contribution is 2.41. The summed E-state index contributed by atoms with van der Waals surface area (Å²) in [6.07, 6.45) is -4.65. The standard InChI is InChI=1S/C41H19F3N6/c42-41(43,44)28-11-12-29(27(17-28)22-47)26-18-39(49-35-7-3-1-5-30(35)32-15-24(20-45)9-13-37(32)49)34(23-48)40(19-26)50-36-8-4-2-6-31(36)33-16-25(21-46)10-14-38(33)50/h1-19H. The van der Waals surface area contributed by atoms with Crippen molar-refractivity contribution in [2.45, 2.75) is 6.18 Å². The van der Waals surface area contributed by atoms with Crippen LogP contribution in [0.15, 0.2) is 115 Å². The molecular formula is C41H19F3N6. The predicted molar refractivity (Wildman–Crippen MR) is 184 cm³/mol. The molecular weight excluding hydrogens is 633 g/mol. The molecule has 234 valence electrons. The van der Waals surface area contributed by atoms with E-state index in [-0.39, 0.29) is 16.7 Å². The lowest BCUT2D eigenvalue weighted by Crippen LogP contribution is -2.07. The Kier molecular flexibility index (Phi) is 6.69. The molecule has 0 bridgehead atoms. The van der Waals surface area contributed by atoms with Crippen LogP contribution >= 0.6 is 0 Å². The lowest BCUT2D eigenvalue weighted by molar-refractivity contribution is -0.137. The van der Waals surface area contributed by atoms with Crippen molar-refractivity contribution in [2.24, 2.45) is 0 Å². The van der Waals surface area contributed by atoms with Crippen LogP contribution in [0, 0.1) is 45.3 Å². The second-order valence-corrected chi connectivity index (χ2v) is 11.8. The van der Waals surface area contributed by atoms with E-state index in [9.17, 15) is 34.2 Å². The highest BCUT2D eigenvalue weighted by atomic mass is 19.4. The van der Waals surface area contributed by atoms with Crippen molar-refractivity contribution in [1.29, 1.82) is 21.0 Å². The monoisotopic (exact) mass is 652 g/mol. The summed E-state index contributed by atoms with van der Waals surface area (Å²) < 4.78 is 45.1. The lowest BCUT2D eigenvalue weighted by Gasteiger charge is -2.19. The minimum Gasteiger partial charge on any atom is -0.308 e. The summed E-state index contributed by atoms with van der Waals surface area (Å²) in [5.41, 5.74) is 4.49. The molecule has 6 nitrogen and oxygen atoms in total. The number of aromatic nitrogens is 2. The maximum absolute atomic E-state index is 13.7. The number of hydrogen-bond donors (Lipinski definition) is 0. The van der Waals surface area contributed by atoms with Gasteiger partial charge in [-0.1, -0.05) is 42.5 Å². The number of nitrogens with zero attached hydrogens (tertiary/aromatic N) is 6. The third kappa shape index (κ3) is 4.47. The van der Waals surface area contributed by atoms with Gasteiger partial charge in [-0.05, 0) is 83.9 Å². The third-order valence-corrected chi connectivity index (χ3v) is 9.07. The van der Waals surface area contributed by atoms with Gasteiger partial charge >= 0.3 is 6.18 Å². The Bertz CT molecular complexity index is 2760. The van der Waals surface area contributed by atoms with Gasteiger partial charge in [-0.25, -0.2) is 0 Å². The second-order valence-electron chi connectivity index (χ2n) is 11.8. The largest absolute Gasteiger partial charge is 0.416 e. The fourth-order valence-electron chi connectivity index (χ4n) is 6.90. The van der Waals surface area contributed by atoms with Gasteiger partial charge in [-0.2, -0.15) is 34.2 Å². The Balaban J connectivity index is 1.56. The number of nitriles is 4. The molecule has 50 heavy (non-hydrogen) atoms. The summed E-state index contributed by atoms with van der Waals surface area (Å²) in [6.45, 7) is 0. The summed E-state index contributed by atoms with van der Waals surface area (Å²) in [5, 5.41) is 43.7. The first-order valence-electron chi connectivity index (χ1n) is 15.3. The number of halogens is 3. The smallest absolute Gasteiger partial charge is 0.308 e. The Hall–Kier alpha value is -7.33. The summed E-state index contributed by atoms with van der Waals surface area (Å²) in [4.78, 5) is 0. The molecule has 2 heterocycles. The van der Waals surface area contributed by atoms with Crippen molar-refractivity contribution < 1.29 is 13.2 Å². The van der Waals surface area contributed by atoms with Gasteiger partial charge in [0.25, 0.3) is 0 Å². The SMILES string of the molecule is N#Cc1ccc2c(c1)c1ccccc1n2-c1cc(-c2ccc(C(F)(F)F)cc2C#N)cc(-n2c3ccccc3c3cc(C#N)ccc32)c1C#N. The fraction of sp³-hybridized carbons (Fsp3) is 0.0244. The van der Waals surface area contributed by atoms with Crippen molar-refractivity contribution in [1.82, 2.24) is 9.13 Å². The third-order valence-electron chi connectivity index (χ3n) is 9.07. The number of benzene rings is 6. The zero-order valence-corrected chi connectivity index (χ0v) is 25.8. The molecule has 6 aromatic carbocycles. The van der Waals surface area contributed by atoms with Gasteiger partial charge in [0.15, 0.2) is 0 Å². The van der Waals surface area contributed by atoms with Gasteiger partial charge in [0.05, 0.1) is 73.9 Å². The zero-order chi connectivity index (χ0) is 34.7. The Morgan fingerprint density at radius 1 is 0.480 bits per heavy atom. The summed E-state index contributed by atoms with van der Waals surface area (Å²) in [6, 6.07) is 41.0. The van der Waals surface area contributed by atoms with Crippen molar-refractivity contribution in [3.63, 3.8) is 0 Å². The van der Waals surface area contributed by atoms with E-state index < -0.39 is 11.7 Å². The number of alkyl halides is 3. The molecule has 0 saturated carbocycles. The summed E-state index contributed by atoms with van der Waals surface area (Å²) in [5.74, 6) is 0. The maximum Gasteiger partial charge on any atom is 0.416 e. The van der Waals surface area contributed by atoms with Crippen molar-refractivity contribution in [2.75, 3.05) is 0 Å². The normalized spacial score (nSPS) is 11.4. The molecule has 0 N–H and O–H groups in total. The van der Waals surface area contributed by atoms with Crippen LogP contribution in [-0.2, 0) is 6.18 Å². The first-order chi connectivity index (χ1) is 24.2. The molecule has 0 spiro atoms. The van der Waals surface area contributed by atoms with E-state index in [1.54, 1.807) is 36.4 Å². The first kappa shape index (κ1) is 30.0. The zero-order valence-electron chi connectivity index (χ0n) is 25.8. The highest BCUT2D eigenvalue weighted by molar-refractivity contribution is 6.11. The van der Waals surface area contributed by atoms with Gasteiger partial charge < -0.3 is 9.13 Å². The first-order valence-corrected chi connectivity index (χ1v) is 15.3. The van der Waals surface area contributed by atoms with Crippen LogP contribution in [-0.4, -0.2) is 9.13 Å². The fourth-order valence-corrected chi connectivity index (χ4v) is 6.90. The van der Waals surface area contributed by atoms with Crippen molar-refractivity contribution >= 4 is 43.6 Å². The van der Waals surface area contributed by atoms with Crippen LogP contribution in [0.2, 0.25) is 0 Å². The van der Waals surface area contributed by atoms with E-state index in [4.69, 9.17) is 0 Å². The molecule has 0 amide bonds. The maximum atomic E-state index is 13.7. The molecule has 0 atom stereocenters. The van der Waals surface area contributed by atoms with Crippen LogP contribution in [0.25, 0.3) is 66.1 Å². The van der Waals surface area contributed by atoms with Gasteiger partial charge in [-0.15, -0.1) is 0 Å². The second kappa shape index (κ2) is 11.1. The van der Waals surface area contributed by atoms with Crippen LogP contribution in [0.3, 0.4) is 0 Å². The minimum atomic E-state index is -4.65. The summed E-state index contributed by atoms with van der Waals surface area (Å²) >= 11 is 0. The number of hydrogen-bond acceptors (Lipinski definition) is 4.